The van der Waals surface area contributed by atoms with Crippen molar-refractivity contribution in [3.8, 4) is 0 Å². The van der Waals surface area contributed by atoms with Crippen LogP contribution in [0.5, 0.6) is 0 Å². The molecule has 1 amide bonds. The quantitative estimate of drug-likeness (QED) is 0.730. The van der Waals surface area contributed by atoms with Gasteiger partial charge in [0.05, 0.1) is 13.0 Å². The highest BCUT2D eigenvalue weighted by Crippen LogP contribution is 2.22. The standard InChI is InChI=1S/C19H19N3O/c1-21-8-6-14-7-9-22(13-18(14)21)19(23)10-16-12-20-11-15-4-2-3-5-17(15)16/h2-6,8,11-12H,7,9-10,13H2,1H3. The van der Waals surface area contributed by atoms with Crippen molar-refractivity contribution in [2.75, 3.05) is 6.54 Å². The predicted octanol–water partition coefficient (Wildman–Crippen LogP) is 2.70. The van der Waals surface area contributed by atoms with Gasteiger partial charge in [-0.05, 0) is 29.0 Å². The molecule has 0 fully saturated rings. The molecule has 3 heterocycles. The largest absolute Gasteiger partial charge is 0.353 e. The van der Waals surface area contributed by atoms with Gasteiger partial charge in [0.1, 0.15) is 0 Å². The number of carbonyl (C=O) groups is 1. The Hall–Kier alpha value is -2.62. The van der Waals surface area contributed by atoms with Crippen LogP contribution in [0.1, 0.15) is 16.8 Å². The molecule has 1 aromatic carbocycles. The van der Waals surface area contributed by atoms with Crippen LogP contribution in [0.25, 0.3) is 10.8 Å². The maximum absolute atomic E-state index is 12.7. The zero-order valence-corrected chi connectivity index (χ0v) is 13.2. The second-order valence-corrected chi connectivity index (χ2v) is 6.16. The van der Waals surface area contributed by atoms with Gasteiger partial charge in [-0.3, -0.25) is 9.78 Å². The van der Waals surface area contributed by atoms with Crippen molar-refractivity contribution in [3.63, 3.8) is 0 Å². The number of pyridine rings is 1. The molecule has 0 radical (unpaired) electrons. The number of aryl methyl sites for hydroxylation is 1. The Kier molecular flexibility index (Phi) is 3.37. The summed E-state index contributed by atoms with van der Waals surface area (Å²) >= 11 is 0. The number of rotatable bonds is 2. The molecule has 0 aliphatic carbocycles. The van der Waals surface area contributed by atoms with Gasteiger partial charge in [-0.1, -0.05) is 24.3 Å². The molecule has 0 saturated carbocycles. The molecule has 0 spiro atoms. The third-order valence-corrected chi connectivity index (χ3v) is 4.73. The van der Waals surface area contributed by atoms with Crippen LogP contribution >= 0.6 is 0 Å². The first-order chi connectivity index (χ1) is 11.2. The van der Waals surface area contributed by atoms with Gasteiger partial charge in [-0.2, -0.15) is 0 Å². The first-order valence-electron chi connectivity index (χ1n) is 7.95. The lowest BCUT2D eigenvalue weighted by Crippen LogP contribution is -2.37. The first-order valence-corrected chi connectivity index (χ1v) is 7.95. The van der Waals surface area contributed by atoms with Crippen LogP contribution < -0.4 is 0 Å². The van der Waals surface area contributed by atoms with Crippen molar-refractivity contribution in [1.82, 2.24) is 14.5 Å². The summed E-state index contributed by atoms with van der Waals surface area (Å²) in [5.41, 5.74) is 3.62. The van der Waals surface area contributed by atoms with Crippen molar-refractivity contribution < 1.29 is 4.79 Å². The highest BCUT2D eigenvalue weighted by molar-refractivity contribution is 5.89. The smallest absolute Gasteiger partial charge is 0.227 e. The Morgan fingerprint density at radius 1 is 1.22 bits per heavy atom. The second-order valence-electron chi connectivity index (χ2n) is 6.16. The van der Waals surface area contributed by atoms with Crippen molar-refractivity contribution in [2.45, 2.75) is 19.4 Å². The van der Waals surface area contributed by atoms with E-state index in [-0.39, 0.29) is 5.91 Å². The number of hydrogen-bond donors (Lipinski definition) is 0. The van der Waals surface area contributed by atoms with Crippen LogP contribution in [-0.2, 0) is 31.2 Å². The average Bonchev–Trinajstić information content (AvgIpc) is 2.96. The maximum Gasteiger partial charge on any atom is 0.227 e. The summed E-state index contributed by atoms with van der Waals surface area (Å²) in [4.78, 5) is 19.0. The third kappa shape index (κ3) is 2.50. The number of carbonyl (C=O) groups excluding carboxylic acids is 1. The third-order valence-electron chi connectivity index (χ3n) is 4.73. The Morgan fingerprint density at radius 2 is 2.09 bits per heavy atom. The second kappa shape index (κ2) is 5.54. The molecule has 0 atom stereocenters. The van der Waals surface area contributed by atoms with E-state index < -0.39 is 0 Å². The van der Waals surface area contributed by atoms with Gasteiger partial charge < -0.3 is 9.47 Å². The molecule has 0 saturated heterocycles. The molecule has 0 unspecified atom stereocenters. The van der Waals surface area contributed by atoms with Crippen molar-refractivity contribution in [1.29, 1.82) is 0 Å². The molecule has 116 valence electrons. The molecule has 4 heteroatoms. The van der Waals surface area contributed by atoms with E-state index in [1.54, 1.807) is 0 Å². The number of amides is 1. The van der Waals surface area contributed by atoms with E-state index >= 15 is 0 Å². The highest BCUT2D eigenvalue weighted by Gasteiger charge is 2.23. The lowest BCUT2D eigenvalue weighted by atomic mass is 10.0. The molecule has 2 aromatic heterocycles. The van der Waals surface area contributed by atoms with Crippen LogP contribution in [0.3, 0.4) is 0 Å². The summed E-state index contributed by atoms with van der Waals surface area (Å²) in [6.45, 7) is 1.50. The van der Waals surface area contributed by atoms with E-state index in [0.717, 1.165) is 29.3 Å². The molecule has 4 nitrogen and oxygen atoms in total. The van der Waals surface area contributed by atoms with E-state index in [2.05, 4.69) is 27.9 Å². The van der Waals surface area contributed by atoms with Gasteiger partial charge in [0, 0.05) is 43.3 Å². The summed E-state index contributed by atoms with van der Waals surface area (Å²) < 4.78 is 2.12. The van der Waals surface area contributed by atoms with Crippen LogP contribution in [0, 0.1) is 0 Å². The molecule has 4 rings (SSSR count). The minimum absolute atomic E-state index is 0.176. The Morgan fingerprint density at radius 3 is 3.00 bits per heavy atom. The average molecular weight is 305 g/mol. The Labute approximate surface area is 135 Å². The Balaban J connectivity index is 1.57. The molecular weight excluding hydrogens is 286 g/mol. The summed E-state index contributed by atoms with van der Waals surface area (Å²) in [5.74, 6) is 0.176. The Bertz CT molecular complexity index is 876. The molecule has 1 aliphatic rings. The molecular formula is C19H19N3O. The van der Waals surface area contributed by atoms with E-state index in [4.69, 9.17) is 0 Å². The van der Waals surface area contributed by atoms with Gasteiger partial charge in [-0.25, -0.2) is 0 Å². The first kappa shape index (κ1) is 14.0. The van der Waals surface area contributed by atoms with Crippen LogP contribution in [-0.4, -0.2) is 26.9 Å². The lowest BCUT2D eigenvalue weighted by molar-refractivity contribution is -0.131. The van der Waals surface area contributed by atoms with Gasteiger partial charge in [0.25, 0.3) is 0 Å². The monoisotopic (exact) mass is 305 g/mol. The van der Waals surface area contributed by atoms with Crippen molar-refractivity contribution in [3.05, 3.63) is 65.7 Å². The molecule has 1 aliphatic heterocycles. The normalized spacial score (nSPS) is 14.0. The summed E-state index contributed by atoms with van der Waals surface area (Å²) in [6, 6.07) is 10.3. The minimum Gasteiger partial charge on any atom is -0.353 e. The fourth-order valence-corrected chi connectivity index (χ4v) is 3.38. The maximum atomic E-state index is 12.7. The number of fused-ring (bicyclic) bond motifs is 2. The zero-order chi connectivity index (χ0) is 15.8. The fraction of sp³-hybridized carbons (Fsp3) is 0.263. The van der Waals surface area contributed by atoms with Crippen molar-refractivity contribution in [2.24, 2.45) is 7.05 Å². The summed E-state index contributed by atoms with van der Waals surface area (Å²) in [7, 11) is 2.04. The van der Waals surface area contributed by atoms with E-state index in [9.17, 15) is 4.79 Å². The number of nitrogens with zero attached hydrogens (tertiary/aromatic N) is 3. The molecule has 0 N–H and O–H groups in total. The van der Waals surface area contributed by atoms with E-state index in [1.165, 1.54) is 11.3 Å². The minimum atomic E-state index is 0.176. The van der Waals surface area contributed by atoms with Gasteiger partial charge in [0.2, 0.25) is 5.91 Å². The number of benzene rings is 1. The van der Waals surface area contributed by atoms with Gasteiger partial charge in [0.15, 0.2) is 0 Å². The number of aromatic nitrogens is 2. The molecule has 23 heavy (non-hydrogen) atoms. The molecule has 0 bridgehead atoms. The van der Waals surface area contributed by atoms with Crippen molar-refractivity contribution >= 4 is 16.7 Å². The summed E-state index contributed by atoms with van der Waals surface area (Å²) in [6.07, 6.45) is 7.09. The summed E-state index contributed by atoms with van der Waals surface area (Å²) in [5, 5.41) is 2.20. The van der Waals surface area contributed by atoms with E-state index in [0.29, 0.717) is 13.0 Å². The molecule has 3 aromatic rings. The van der Waals surface area contributed by atoms with Crippen LogP contribution in [0.4, 0.5) is 0 Å². The lowest BCUT2D eigenvalue weighted by Gasteiger charge is -2.28. The van der Waals surface area contributed by atoms with Gasteiger partial charge >= 0.3 is 0 Å². The van der Waals surface area contributed by atoms with Gasteiger partial charge in [-0.15, -0.1) is 0 Å². The number of hydrogen-bond acceptors (Lipinski definition) is 2. The van der Waals surface area contributed by atoms with E-state index in [1.807, 2.05) is 42.5 Å². The zero-order valence-electron chi connectivity index (χ0n) is 13.2. The topological polar surface area (TPSA) is 38.1 Å². The predicted molar refractivity (Wildman–Crippen MR) is 90.0 cm³/mol. The SMILES string of the molecule is Cn1ccc2c1CN(C(=O)Cc1cncc3ccccc13)CC2. The van der Waals surface area contributed by atoms with Crippen LogP contribution in [0.2, 0.25) is 0 Å². The fourth-order valence-electron chi connectivity index (χ4n) is 3.38. The highest BCUT2D eigenvalue weighted by atomic mass is 16.2. The van der Waals surface area contributed by atoms with Crippen LogP contribution in [0.15, 0.2) is 48.9 Å².